The Kier molecular flexibility index (Phi) is 7.74. The highest BCUT2D eigenvalue weighted by Crippen LogP contribution is 2.39. The van der Waals surface area contributed by atoms with Crippen molar-refractivity contribution in [2.24, 2.45) is 0 Å². The number of benzene rings is 2. The van der Waals surface area contributed by atoms with E-state index in [1.807, 2.05) is 0 Å². The summed E-state index contributed by atoms with van der Waals surface area (Å²) in [6.45, 7) is 6.69. The van der Waals surface area contributed by atoms with Gasteiger partial charge >= 0.3 is 5.97 Å². The number of sulfonamides is 1. The molecular formula is C25H30FNO7S. The van der Waals surface area contributed by atoms with E-state index in [9.17, 15) is 22.4 Å². The fourth-order valence-electron chi connectivity index (χ4n) is 3.68. The lowest BCUT2D eigenvalue weighted by Crippen LogP contribution is -2.43. The summed E-state index contributed by atoms with van der Waals surface area (Å²) in [6, 6.07) is 8.15. The molecule has 1 atom stereocenters. The third-order valence-corrected chi connectivity index (χ3v) is 7.03. The predicted molar refractivity (Wildman–Crippen MR) is 128 cm³/mol. The van der Waals surface area contributed by atoms with E-state index in [0.717, 1.165) is 18.2 Å². The molecule has 0 N–H and O–H groups in total. The Labute approximate surface area is 205 Å². The van der Waals surface area contributed by atoms with Crippen LogP contribution in [0.4, 0.5) is 10.1 Å². The molecule has 1 aliphatic heterocycles. The predicted octanol–water partition coefficient (Wildman–Crippen LogP) is 4.04. The Balaban J connectivity index is 2.01. The Morgan fingerprint density at radius 3 is 2.51 bits per heavy atom. The van der Waals surface area contributed by atoms with E-state index in [-0.39, 0.29) is 41.5 Å². The zero-order valence-electron chi connectivity index (χ0n) is 20.5. The van der Waals surface area contributed by atoms with Crippen LogP contribution in [0.15, 0.2) is 41.3 Å². The molecule has 0 saturated heterocycles. The average molecular weight is 508 g/mol. The molecule has 0 unspecified atom stereocenters. The van der Waals surface area contributed by atoms with Gasteiger partial charge in [0.25, 0.3) is 10.0 Å². The Morgan fingerprint density at radius 2 is 1.89 bits per heavy atom. The fraction of sp³-hybridized carbons (Fsp3) is 0.440. The van der Waals surface area contributed by atoms with Gasteiger partial charge in [0.2, 0.25) is 0 Å². The van der Waals surface area contributed by atoms with E-state index in [4.69, 9.17) is 14.2 Å². The molecule has 1 aliphatic rings. The maximum Gasteiger partial charge on any atom is 0.310 e. The number of nitrogens with zero attached hydrogens (tertiary/aromatic N) is 1. The van der Waals surface area contributed by atoms with Crippen molar-refractivity contribution in [3.8, 4) is 11.5 Å². The average Bonchev–Trinajstić information content (AvgIpc) is 2.76. The van der Waals surface area contributed by atoms with E-state index < -0.39 is 33.5 Å². The second-order valence-corrected chi connectivity index (χ2v) is 11.2. The zero-order chi connectivity index (χ0) is 26.0. The normalized spacial score (nSPS) is 15.7. The third-order valence-electron chi connectivity index (χ3n) is 5.25. The number of halogens is 1. The largest absolute Gasteiger partial charge is 0.494 e. The topological polar surface area (TPSA) is 99.2 Å². The van der Waals surface area contributed by atoms with Gasteiger partial charge in [-0.25, -0.2) is 12.8 Å². The summed E-state index contributed by atoms with van der Waals surface area (Å²) in [5.41, 5.74) is 0.129. The number of Topliss-reactive ketones (excluding diaryl/α,β-unsaturated/α-hetero) is 1. The molecular weight excluding hydrogens is 477 g/mol. The number of esters is 1. The molecule has 0 fully saturated rings. The SMILES string of the molecule is COc1cc(S(=O)(=O)N2C[C@H](CCC(C)=O)Oc3ccc(CC(=O)OC(C)(C)C)cc32)ccc1F. The molecule has 0 aromatic heterocycles. The van der Waals surface area contributed by atoms with Crippen LogP contribution in [0.3, 0.4) is 0 Å². The fourth-order valence-corrected chi connectivity index (χ4v) is 5.20. The first-order valence-electron chi connectivity index (χ1n) is 11.2. The van der Waals surface area contributed by atoms with E-state index in [1.54, 1.807) is 39.0 Å². The molecule has 35 heavy (non-hydrogen) atoms. The third kappa shape index (κ3) is 6.50. The summed E-state index contributed by atoms with van der Waals surface area (Å²) in [4.78, 5) is 23.7. The highest BCUT2D eigenvalue weighted by Gasteiger charge is 2.35. The standard InChI is InChI=1S/C25H30FNO7S/c1-16(28)6-8-18-15-27(35(30,31)19-9-10-20(26)23(14-19)32-5)21-12-17(7-11-22(21)33-18)13-24(29)34-25(2,3)4/h7,9-12,14,18H,6,8,13,15H2,1-5H3/t18-/m0/s1. The second-order valence-electron chi connectivity index (χ2n) is 9.38. The minimum atomic E-state index is -4.16. The highest BCUT2D eigenvalue weighted by molar-refractivity contribution is 7.92. The smallest absolute Gasteiger partial charge is 0.310 e. The van der Waals surface area contributed by atoms with E-state index in [0.29, 0.717) is 17.7 Å². The van der Waals surface area contributed by atoms with Crippen molar-refractivity contribution in [2.45, 2.75) is 63.6 Å². The first-order valence-corrected chi connectivity index (χ1v) is 12.6. The van der Waals surface area contributed by atoms with Crippen LogP contribution in [0.1, 0.15) is 46.1 Å². The van der Waals surface area contributed by atoms with Crippen LogP contribution in [-0.4, -0.2) is 45.5 Å². The summed E-state index contributed by atoms with van der Waals surface area (Å²) < 4.78 is 58.8. The number of ketones is 1. The number of rotatable bonds is 8. The number of hydrogen-bond donors (Lipinski definition) is 0. The molecule has 0 saturated carbocycles. The minimum Gasteiger partial charge on any atom is -0.494 e. The van der Waals surface area contributed by atoms with Crippen molar-refractivity contribution in [1.82, 2.24) is 0 Å². The first kappa shape index (κ1) is 26.5. The number of hydrogen-bond acceptors (Lipinski definition) is 7. The Bertz CT molecular complexity index is 1220. The van der Waals surface area contributed by atoms with E-state index in [2.05, 4.69) is 0 Å². The number of carbonyl (C=O) groups is 2. The molecule has 0 radical (unpaired) electrons. The molecule has 0 bridgehead atoms. The maximum absolute atomic E-state index is 13.9. The lowest BCUT2D eigenvalue weighted by Gasteiger charge is -2.36. The van der Waals surface area contributed by atoms with Gasteiger partial charge in [-0.3, -0.25) is 9.10 Å². The minimum absolute atomic E-state index is 0.0372. The van der Waals surface area contributed by atoms with Crippen molar-refractivity contribution in [3.05, 3.63) is 47.8 Å². The van der Waals surface area contributed by atoms with Crippen molar-refractivity contribution < 1.29 is 36.6 Å². The summed E-state index contributed by atoms with van der Waals surface area (Å²) in [6.07, 6.45) is -0.0705. The van der Waals surface area contributed by atoms with Crippen molar-refractivity contribution in [3.63, 3.8) is 0 Å². The lowest BCUT2D eigenvalue weighted by molar-refractivity contribution is -0.153. The van der Waals surface area contributed by atoms with E-state index in [1.165, 1.54) is 18.3 Å². The van der Waals surface area contributed by atoms with Gasteiger partial charge in [0.15, 0.2) is 11.6 Å². The van der Waals surface area contributed by atoms with Crippen molar-refractivity contribution in [2.75, 3.05) is 18.0 Å². The number of ether oxygens (including phenoxy) is 3. The second kappa shape index (κ2) is 10.2. The Hall–Kier alpha value is -3.14. The van der Waals surface area contributed by atoms with Crippen molar-refractivity contribution >= 4 is 27.5 Å². The van der Waals surface area contributed by atoms with Crippen LogP contribution in [0, 0.1) is 5.82 Å². The number of carbonyl (C=O) groups excluding carboxylic acids is 2. The van der Waals surface area contributed by atoms with Gasteiger partial charge in [-0.2, -0.15) is 0 Å². The van der Waals surface area contributed by atoms with Crippen LogP contribution >= 0.6 is 0 Å². The quantitative estimate of drug-likeness (QED) is 0.497. The molecule has 10 heteroatoms. The molecule has 0 amide bonds. The van der Waals surface area contributed by atoms with Gasteiger partial charge in [0.05, 0.1) is 30.7 Å². The molecule has 3 rings (SSSR count). The molecule has 1 heterocycles. The highest BCUT2D eigenvalue weighted by atomic mass is 32.2. The summed E-state index contributed by atoms with van der Waals surface area (Å²) in [7, 11) is -2.92. The first-order chi connectivity index (χ1) is 16.3. The van der Waals surface area contributed by atoms with Crippen LogP contribution in [0.5, 0.6) is 11.5 Å². The molecule has 190 valence electrons. The maximum atomic E-state index is 13.9. The monoisotopic (exact) mass is 507 g/mol. The molecule has 2 aromatic carbocycles. The number of anilines is 1. The summed E-state index contributed by atoms with van der Waals surface area (Å²) in [5, 5.41) is 0. The van der Waals surface area contributed by atoms with Crippen LogP contribution in [0.25, 0.3) is 0 Å². The lowest BCUT2D eigenvalue weighted by atomic mass is 10.1. The van der Waals surface area contributed by atoms with Crippen LogP contribution in [-0.2, 0) is 30.8 Å². The summed E-state index contributed by atoms with van der Waals surface area (Å²) in [5.74, 6) is -1.08. The van der Waals surface area contributed by atoms with Gasteiger partial charge in [-0.1, -0.05) is 6.07 Å². The van der Waals surface area contributed by atoms with Gasteiger partial charge < -0.3 is 19.0 Å². The van der Waals surface area contributed by atoms with Gasteiger partial charge in [0, 0.05) is 12.5 Å². The summed E-state index contributed by atoms with van der Waals surface area (Å²) >= 11 is 0. The molecule has 0 spiro atoms. The van der Waals surface area contributed by atoms with E-state index >= 15 is 0 Å². The molecule has 8 nitrogen and oxygen atoms in total. The van der Waals surface area contributed by atoms with Crippen LogP contribution < -0.4 is 13.8 Å². The van der Waals surface area contributed by atoms with Crippen molar-refractivity contribution in [1.29, 1.82) is 0 Å². The number of fused-ring (bicyclic) bond motifs is 1. The van der Waals surface area contributed by atoms with Crippen LogP contribution in [0.2, 0.25) is 0 Å². The van der Waals surface area contributed by atoms with Gasteiger partial charge in [-0.15, -0.1) is 0 Å². The van der Waals surface area contributed by atoms with Gasteiger partial charge in [0.1, 0.15) is 23.2 Å². The van der Waals surface area contributed by atoms with Gasteiger partial charge in [-0.05, 0) is 63.9 Å². The Morgan fingerprint density at radius 1 is 1.17 bits per heavy atom. The molecule has 2 aromatic rings. The zero-order valence-corrected chi connectivity index (χ0v) is 21.3. The number of methoxy groups -OCH3 is 1. The molecule has 0 aliphatic carbocycles.